The van der Waals surface area contributed by atoms with Crippen LogP contribution in [0.4, 0.5) is 5.69 Å². The number of aliphatic hydroxyl groups is 4. The zero-order valence-corrected chi connectivity index (χ0v) is 20.4. The number of Topliss-reactive ketones (excluding diaryl/α,β-unsaturated/α-hetero) is 2. The highest BCUT2D eigenvalue weighted by molar-refractivity contribution is 7.80. The van der Waals surface area contributed by atoms with E-state index in [1.54, 1.807) is 6.92 Å². The highest BCUT2D eigenvalue weighted by atomic mass is 32.1. The number of phenols is 1. The number of aromatic hydroxyl groups is 1. The molecule has 3 aliphatic carbocycles. The molecule has 0 spiro atoms. The lowest BCUT2D eigenvalue weighted by molar-refractivity contribution is -0.161. The van der Waals surface area contributed by atoms with E-state index < -0.39 is 75.5 Å². The summed E-state index contributed by atoms with van der Waals surface area (Å²) in [6.45, 7) is 1.66. The Morgan fingerprint density at radius 2 is 1.83 bits per heavy atom. The number of likely N-dealkylation sites (N-methyl/N-ethyl adjacent to an activating group) is 1. The second-order valence-electron chi connectivity index (χ2n) is 9.48. The second-order valence-corrected chi connectivity index (χ2v) is 9.92. The van der Waals surface area contributed by atoms with E-state index in [1.807, 2.05) is 0 Å². The van der Waals surface area contributed by atoms with E-state index in [9.17, 15) is 39.9 Å². The fraction of sp³-hybridized carbons (Fsp3) is 0.391. The number of hydrogen-bond donors (Lipinski definition) is 8. The van der Waals surface area contributed by atoms with Crippen molar-refractivity contribution in [1.82, 2.24) is 4.90 Å². The fourth-order valence-corrected chi connectivity index (χ4v) is 5.86. The molecule has 0 heterocycles. The Kier molecular flexibility index (Phi) is 5.87. The van der Waals surface area contributed by atoms with Crippen LogP contribution < -0.4 is 16.8 Å². The topological polar surface area (TPSA) is 220 Å². The van der Waals surface area contributed by atoms with Gasteiger partial charge in [0.2, 0.25) is 5.78 Å². The summed E-state index contributed by atoms with van der Waals surface area (Å²) in [5.41, 5.74) is 7.12. The summed E-state index contributed by atoms with van der Waals surface area (Å²) < 4.78 is 0. The van der Waals surface area contributed by atoms with Crippen molar-refractivity contribution >= 4 is 40.5 Å². The number of phenolic OH excluding ortho intramolecular Hbond substituents is 1. The van der Waals surface area contributed by atoms with Gasteiger partial charge in [-0.2, -0.15) is 0 Å². The van der Waals surface area contributed by atoms with Gasteiger partial charge in [0.15, 0.2) is 22.2 Å². The summed E-state index contributed by atoms with van der Waals surface area (Å²) >= 11 is 4.81. The molecule has 4 rings (SSSR count). The first-order valence-corrected chi connectivity index (χ1v) is 11.3. The standard InChI is InChI=1S/C23H26N4O8S/c1-6-4-9(26-22(25)36)16(29)10-7(6)5-8-11(17(10)30)19(32)23(35)13(15(8)28)14(27(2)3)18(31)12(20(23)33)21(24)34/h4,8,13-15,28-29,31-32,35H,5H2,1-3H3,(H2,24,34)(H3,25,26,36)/t8?,13?,14-,15-,23-/m0/s1. The van der Waals surface area contributed by atoms with Crippen LogP contribution in [0.5, 0.6) is 5.75 Å². The lowest BCUT2D eigenvalue weighted by Crippen LogP contribution is -2.68. The van der Waals surface area contributed by atoms with Gasteiger partial charge in [-0.25, -0.2) is 0 Å². The van der Waals surface area contributed by atoms with Crippen LogP contribution in [0.25, 0.3) is 0 Å². The molecule has 3 aliphatic rings. The number of thiocarbonyl (C=S) groups is 1. The third kappa shape index (κ3) is 3.24. The molecule has 1 aromatic carbocycles. The number of nitrogens with one attached hydrogen (secondary N) is 1. The molecule has 10 N–H and O–H groups in total. The van der Waals surface area contributed by atoms with Crippen LogP contribution in [0, 0.1) is 18.8 Å². The lowest BCUT2D eigenvalue weighted by atomic mass is 9.57. The first-order chi connectivity index (χ1) is 16.7. The van der Waals surface area contributed by atoms with Gasteiger partial charge >= 0.3 is 0 Å². The molecule has 0 saturated carbocycles. The molecule has 1 amide bonds. The van der Waals surface area contributed by atoms with Crippen LogP contribution >= 0.6 is 12.2 Å². The van der Waals surface area contributed by atoms with E-state index >= 15 is 0 Å². The number of aryl methyl sites for hydroxylation is 1. The molecule has 2 unspecified atom stereocenters. The Morgan fingerprint density at radius 3 is 2.36 bits per heavy atom. The number of fused-ring (bicyclic) bond motifs is 3. The number of aliphatic hydroxyl groups excluding tert-OH is 3. The second kappa shape index (κ2) is 8.27. The smallest absolute Gasteiger partial charge is 0.255 e. The molecule has 12 nitrogen and oxygen atoms in total. The number of amides is 1. The van der Waals surface area contributed by atoms with Gasteiger partial charge in [-0.3, -0.25) is 19.3 Å². The third-order valence-electron chi connectivity index (χ3n) is 7.29. The molecule has 0 aliphatic heterocycles. The van der Waals surface area contributed by atoms with Crippen LogP contribution in [0.2, 0.25) is 0 Å². The Balaban J connectivity index is 2.01. The molecule has 5 atom stereocenters. The minimum atomic E-state index is -2.96. The van der Waals surface area contributed by atoms with Crippen molar-refractivity contribution < 1.29 is 39.9 Å². The van der Waals surface area contributed by atoms with Gasteiger partial charge in [0, 0.05) is 11.5 Å². The van der Waals surface area contributed by atoms with Gasteiger partial charge < -0.3 is 42.3 Å². The maximum Gasteiger partial charge on any atom is 0.255 e. The van der Waals surface area contributed by atoms with Crippen LogP contribution in [-0.4, -0.2) is 84.9 Å². The van der Waals surface area contributed by atoms with E-state index in [-0.39, 0.29) is 22.8 Å². The first-order valence-electron chi connectivity index (χ1n) is 10.9. The summed E-state index contributed by atoms with van der Waals surface area (Å²) in [6.07, 6.45) is -1.69. The molecule has 0 aromatic heterocycles. The molecule has 192 valence electrons. The zero-order valence-electron chi connectivity index (χ0n) is 19.6. The maximum atomic E-state index is 13.7. The lowest BCUT2D eigenvalue weighted by Gasteiger charge is -2.52. The Hall–Kier alpha value is -3.52. The van der Waals surface area contributed by atoms with Gasteiger partial charge in [-0.1, -0.05) is 0 Å². The van der Waals surface area contributed by atoms with Crippen LogP contribution in [-0.2, 0) is 16.0 Å². The molecule has 0 fully saturated rings. The van der Waals surface area contributed by atoms with Crippen molar-refractivity contribution in [2.45, 2.75) is 31.1 Å². The van der Waals surface area contributed by atoms with Gasteiger partial charge in [0.1, 0.15) is 17.1 Å². The zero-order chi connectivity index (χ0) is 27.0. The van der Waals surface area contributed by atoms with Crippen molar-refractivity contribution in [3.8, 4) is 5.75 Å². The highest BCUT2D eigenvalue weighted by Gasteiger charge is 2.66. The number of hydrogen-bond acceptors (Lipinski definition) is 10. The number of nitrogens with zero attached hydrogens (tertiary/aromatic N) is 1. The van der Waals surface area contributed by atoms with Gasteiger partial charge in [-0.05, 0) is 56.9 Å². The van der Waals surface area contributed by atoms with Crippen LogP contribution in [0.3, 0.4) is 0 Å². The maximum absolute atomic E-state index is 13.7. The molecular weight excluding hydrogens is 492 g/mol. The van der Waals surface area contributed by atoms with Crippen LogP contribution in [0.15, 0.2) is 28.7 Å². The quantitative estimate of drug-likeness (QED) is 0.138. The minimum absolute atomic E-state index is 0.0314. The Bertz CT molecular complexity index is 1320. The average molecular weight is 519 g/mol. The van der Waals surface area contributed by atoms with Crippen molar-refractivity contribution in [3.05, 3.63) is 45.4 Å². The summed E-state index contributed by atoms with van der Waals surface area (Å²) in [5.74, 6) is -8.76. The largest absolute Gasteiger partial charge is 0.510 e. The van der Waals surface area contributed by atoms with E-state index in [1.165, 1.54) is 25.1 Å². The van der Waals surface area contributed by atoms with Crippen molar-refractivity contribution in [2.24, 2.45) is 23.3 Å². The first kappa shape index (κ1) is 25.6. The third-order valence-corrected chi connectivity index (χ3v) is 7.39. The summed E-state index contributed by atoms with van der Waals surface area (Å²) in [6, 6.07) is 0.207. The van der Waals surface area contributed by atoms with Crippen molar-refractivity contribution in [1.29, 1.82) is 0 Å². The normalized spacial score (nSPS) is 29.6. The van der Waals surface area contributed by atoms with E-state index in [0.717, 1.165) is 0 Å². The molecule has 0 saturated heterocycles. The number of carbonyl (C=O) groups excluding carboxylic acids is 3. The average Bonchev–Trinajstić information content (AvgIpc) is 2.76. The number of nitrogens with two attached hydrogens (primary N) is 2. The SMILES string of the molecule is Cc1cc(NC(N)=S)c(O)c2c1CC1C(=C(O)[C@]3(O)C(=O)C(C(N)=O)=C(O)[C@@H](N(C)C)C3[C@H]1O)C2=O. The predicted octanol–water partition coefficient (Wildman–Crippen LogP) is -0.945. The van der Waals surface area contributed by atoms with Gasteiger partial charge in [0.25, 0.3) is 5.91 Å². The number of rotatable bonds is 3. The van der Waals surface area contributed by atoms with Gasteiger partial charge in [0.05, 0.1) is 29.3 Å². The molecule has 1 aromatic rings. The fourth-order valence-electron chi connectivity index (χ4n) is 5.75. The molecule has 13 heteroatoms. The highest BCUT2D eigenvalue weighted by Crippen LogP contribution is 2.53. The van der Waals surface area contributed by atoms with E-state index in [4.69, 9.17) is 23.7 Å². The Morgan fingerprint density at radius 1 is 1.22 bits per heavy atom. The molecule has 36 heavy (non-hydrogen) atoms. The van der Waals surface area contributed by atoms with Gasteiger partial charge in [-0.15, -0.1) is 0 Å². The number of benzene rings is 1. The van der Waals surface area contributed by atoms with Crippen LogP contribution in [0.1, 0.15) is 21.5 Å². The number of primary amides is 1. The number of carbonyl (C=O) groups is 3. The molecular formula is C23H26N4O8S. The summed E-state index contributed by atoms with van der Waals surface area (Å²) in [4.78, 5) is 40.3. The predicted molar refractivity (Wildman–Crippen MR) is 130 cm³/mol. The van der Waals surface area contributed by atoms with E-state index in [0.29, 0.717) is 11.1 Å². The summed E-state index contributed by atoms with van der Waals surface area (Å²) in [7, 11) is 2.94. The monoisotopic (exact) mass is 518 g/mol. The number of ketones is 2. The number of anilines is 1. The summed E-state index contributed by atoms with van der Waals surface area (Å²) in [5, 5.41) is 58.3. The molecule has 0 radical (unpaired) electrons. The van der Waals surface area contributed by atoms with E-state index in [2.05, 4.69) is 5.32 Å². The van der Waals surface area contributed by atoms with Crippen molar-refractivity contribution in [3.63, 3.8) is 0 Å². The van der Waals surface area contributed by atoms with Crippen molar-refractivity contribution in [2.75, 3.05) is 19.4 Å². The molecule has 0 bridgehead atoms. The minimum Gasteiger partial charge on any atom is -0.510 e. The Labute approximate surface area is 210 Å².